The average Bonchev–Trinajstić information content (AvgIpc) is 2.67. The molecule has 0 spiro atoms. The van der Waals surface area contributed by atoms with E-state index in [0.29, 0.717) is 23.7 Å². The highest BCUT2D eigenvalue weighted by molar-refractivity contribution is 7.10. The van der Waals surface area contributed by atoms with E-state index in [9.17, 15) is 9.59 Å². The van der Waals surface area contributed by atoms with E-state index in [1.807, 2.05) is 0 Å². The number of anilines is 1. The molecular formula is C10H13ClN2O3S. The molecule has 0 aliphatic carbocycles. The smallest absolute Gasteiger partial charge is 0.341 e. The number of hydrogen-bond donors (Lipinski definition) is 2. The fraction of sp³-hybridized carbons (Fsp3) is 0.400. The molecule has 5 nitrogen and oxygen atoms in total. The van der Waals surface area contributed by atoms with Crippen molar-refractivity contribution in [1.29, 1.82) is 0 Å². The van der Waals surface area contributed by atoms with Gasteiger partial charge in [-0.1, -0.05) is 0 Å². The van der Waals surface area contributed by atoms with Crippen molar-refractivity contribution in [2.75, 3.05) is 24.9 Å². The molecule has 94 valence electrons. The normalized spacial score (nSPS) is 9.82. The summed E-state index contributed by atoms with van der Waals surface area (Å²) in [6, 6.07) is -0.395. The van der Waals surface area contributed by atoms with Crippen molar-refractivity contribution < 1.29 is 14.3 Å². The largest absolute Gasteiger partial charge is 0.465 e. The second-order valence-electron chi connectivity index (χ2n) is 3.14. The summed E-state index contributed by atoms with van der Waals surface area (Å²) in [5, 5.41) is 6.82. The Labute approximate surface area is 108 Å². The number of alkyl halides is 1. The Bertz CT molecular complexity index is 420. The van der Waals surface area contributed by atoms with Crippen LogP contribution in [0.25, 0.3) is 0 Å². The first-order valence-electron chi connectivity index (χ1n) is 4.87. The Balaban J connectivity index is 2.78. The van der Waals surface area contributed by atoms with Gasteiger partial charge in [0.1, 0.15) is 0 Å². The average molecular weight is 277 g/mol. The van der Waals surface area contributed by atoms with E-state index in [-0.39, 0.29) is 0 Å². The molecule has 7 heteroatoms. The van der Waals surface area contributed by atoms with Crippen molar-refractivity contribution in [3.05, 3.63) is 15.8 Å². The summed E-state index contributed by atoms with van der Waals surface area (Å²) in [7, 11) is 1.30. The van der Waals surface area contributed by atoms with Gasteiger partial charge >= 0.3 is 12.0 Å². The number of amides is 2. The minimum absolute atomic E-state index is 0.333. The topological polar surface area (TPSA) is 67.4 Å². The molecular weight excluding hydrogens is 264 g/mol. The van der Waals surface area contributed by atoms with E-state index in [1.54, 1.807) is 12.3 Å². The fourth-order valence-corrected chi connectivity index (χ4v) is 2.11. The van der Waals surface area contributed by atoms with Gasteiger partial charge in [0, 0.05) is 22.7 Å². The Morgan fingerprint density at radius 3 is 2.82 bits per heavy atom. The number of thiophene rings is 1. The summed E-state index contributed by atoms with van der Waals surface area (Å²) in [6.45, 7) is 2.16. The number of methoxy groups -OCH3 is 1. The minimum atomic E-state index is -0.462. The number of halogens is 1. The van der Waals surface area contributed by atoms with E-state index in [2.05, 4.69) is 15.4 Å². The Hall–Kier alpha value is -1.27. The molecule has 1 rings (SSSR count). The molecule has 0 aliphatic heterocycles. The molecule has 0 unspecified atom stereocenters. The number of ether oxygens (including phenoxy) is 1. The lowest BCUT2D eigenvalue weighted by Gasteiger charge is -2.07. The highest BCUT2D eigenvalue weighted by atomic mass is 35.5. The van der Waals surface area contributed by atoms with Gasteiger partial charge in [-0.3, -0.25) is 0 Å². The van der Waals surface area contributed by atoms with Gasteiger partial charge in [-0.25, -0.2) is 9.59 Å². The number of carbonyl (C=O) groups excluding carboxylic acids is 2. The highest BCUT2D eigenvalue weighted by Crippen LogP contribution is 2.27. The molecule has 17 heavy (non-hydrogen) atoms. The summed E-state index contributed by atoms with van der Waals surface area (Å²) < 4.78 is 4.65. The summed E-state index contributed by atoms with van der Waals surface area (Å²) in [5.74, 6) is -0.128. The predicted molar refractivity (Wildman–Crippen MR) is 68.1 cm³/mol. The molecule has 0 bridgehead atoms. The van der Waals surface area contributed by atoms with Crippen molar-refractivity contribution >= 4 is 40.6 Å². The summed E-state index contributed by atoms with van der Waals surface area (Å²) in [4.78, 5) is 23.7. The molecule has 0 atom stereocenters. The van der Waals surface area contributed by atoms with Gasteiger partial charge in [0.05, 0.1) is 18.4 Å². The van der Waals surface area contributed by atoms with E-state index < -0.39 is 12.0 Å². The van der Waals surface area contributed by atoms with E-state index in [0.717, 1.165) is 4.88 Å². The van der Waals surface area contributed by atoms with Crippen LogP contribution in [-0.4, -0.2) is 31.5 Å². The van der Waals surface area contributed by atoms with Crippen LogP contribution < -0.4 is 10.6 Å². The first-order valence-corrected chi connectivity index (χ1v) is 6.28. The minimum Gasteiger partial charge on any atom is -0.465 e. The molecule has 0 saturated heterocycles. The third-order valence-electron chi connectivity index (χ3n) is 1.99. The van der Waals surface area contributed by atoms with Crippen LogP contribution in [0, 0.1) is 6.92 Å². The van der Waals surface area contributed by atoms with E-state index >= 15 is 0 Å². The van der Waals surface area contributed by atoms with Crippen molar-refractivity contribution in [2.45, 2.75) is 6.92 Å². The van der Waals surface area contributed by atoms with Gasteiger partial charge in [0.25, 0.3) is 0 Å². The SMILES string of the molecule is COC(=O)c1c(NC(=O)NCCCl)csc1C. The maximum atomic E-state index is 11.5. The van der Waals surface area contributed by atoms with Crippen LogP contribution in [0.4, 0.5) is 10.5 Å². The maximum Gasteiger partial charge on any atom is 0.341 e. The van der Waals surface area contributed by atoms with Crippen LogP contribution in [0.15, 0.2) is 5.38 Å². The van der Waals surface area contributed by atoms with Crippen molar-refractivity contribution in [3.8, 4) is 0 Å². The van der Waals surface area contributed by atoms with Gasteiger partial charge in [-0.15, -0.1) is 22.9 Å². The number of carbonyl (C=O) groups is 2. The number of aryl methyl sites for hydroxylation is 1. The molecule has 1 heterocycles. The molecule has 0 fully saturated rings. The molecule has 2 N–H and O–H groups in total. The summed E-state index contributed by atoms with van der Waals surface area (Å²) in [5.41, 5.74) is 0.838. The van der Waals surface area contributed by atoms with Crippen molar-refractivity contribution in [1.82, 2.24) is 5.32 Å². The second kappa shape index (κ2) is 6.46. The predicted octanol–water partition coefficient (Wildman–Crippen LogP) is 2.20. The van der Waals surface area contributed by atoms with Crippen LogP contribution in [0.5, 0.6) is 0 Å². The third kappa shape index (κ3) is 3.61. The lowest BCUT2D eigenvalue weighted by atomic mass is 10.2. The number of nitrogens with one attached hydrogen (secondary N) is 2. The molecule has 0 aliphatic rings. The molecule has 1 aromatic rings. The maximum absolute atomic E-state index is 11.5. The van der Waals surface area contributed by atoms with Crippen molar-refractivity contribution in [2.24, 2.45) is 0 Å². The van der Waals surface area contributed by atoms with E-state index in [1.165, 1.54) is 18.4 Å². The molecule has 0 radical (unpaired) electrons. The van der Waals surface area contributed by atoms with Crippen molar-refractivity contribution in [3.63, 3.8) is 0 Å². The molecule has 1 aromatic heterocycles. The van der Waals surface area contributed by atoms with Crippen LogP contribution in [0.2, 0.25) is 0 Å². The Morgan fingerprint density at radius 2 is 2.24 bits per heavy atom. The zero-order valence-electron chi connectivity index (χ0n) is 9.50. The van der Waals surface area contributed by atoms with E-state index in [4.69, 9.17) is 11.6 Å². The summed E-state index contributed by atoms with van der Waals surface area (Å²) in [6.07, 6.45) is 0. The van der Waals surface area contributed by atoms with Crippen LogP contribution >= 0.6 is 22.9 Å². The van der Waals surface area contributed by atoms with Crippen LogP contribution in [0.1, 0.15) is 15.2 Å². The zero-order valence-corrected chi connectivity index (χ0v) is 11.1. The molecule has 0 aromatic carbocycles. The lowest BCUT2D eigenvalue weighted by molar-refractivity contribution is 0.0602. The number of urea groups is 1. The fourth-order valence-electron chi connectivity index (χ4n) is 1.23. The van der Waals surface area contributed by atoms with Gasteiger partial charge in [-0.05, 0) is 6.92 Å². The number of rotatable bonds is 4. The lowest BCUT2D eigenvalue weighted by Crippen LogP contribution is -2.30. The standard InChI is InChI=1S/C10H13ClN2O3S/c1-6-8(9(14)16-2)7(5-17-6)13-10(15)12-4-3-11/h5H,3-4H2,1-2H3,(H2,12,13,15). The number of hydrogen-bond acceptors (Lipinski definition) is 4. The first-order chi connectivity index (χ1) is 8.10. The first kappa shape index (κ1) is 13.8. The molecule has 2 amide bonds. The molecule has 0 saturated carbocycles. The monoisotopic (exact) mass is 276 g/mol. The van der Waals surface area contributed by atoms with Gasteiger partial charge in [0.2, 0.25) is 0 Å². The second-order valence-corrected chi connectivity index (χ2v) is 4.60. The van der Waals surface area contributed by atoms with Crippen LogP contribution in [-0.2, 0) is 4.74 Å². The van der Waals surface area contributed by atoms with Crippen LogP contribution in [0.3, 0.4) is 0 Å². The zero-order chi connectivity index (χ0) is 12.8. The number of esters is 1. The summed E-state index contributed by atoms with van der Waals surface area (Å²) >= 11 is 6.81. The third-order valence-corrected chi connectivity index (χ3v) is 3.09. The quantitative estimate of drug-likeness (QED) is 0.654. The highest BCUT2D eigenvalue weighted by Gasteiger charge is 2.18. The van der Waals surface area contributed by atoms with Gasteiger partial charge in [-0.2, -0.15) is 0 Å². The Morgan fingerprint density at radius 1 is 1.53 bits per heavy atom. The van der Waals surface area contributed by atoms with Gasteiger partial charge in [0.15, 0.2) is 0 Å². The Kier molecular flexibility index (Phi) is 5.24. The van der Waals surface area contributed by atoms with Gasteiger partial charge < -0.3 is 15.4 Å².